The predicted molar refractivity (Wildman–Crippen MR) is 128 cm³/mol. The van der Waals surface area contributed by atoms with E-state index in [0.717, 1.165) is 40.3 Å². The van der Waals surface area contributed by atoms with Crippen molar-refractivity contribution in [3.63, 3.8) is 0 Å². The van der Waals surface area contributed by atoms with Crippen LogP contribution in [0.5, 0.6) is 11.5 Å². The third-order valence-corrected chi connectivity index (χ3v) is 6.55. The summed E-state index contributed by atoms with van der Waals surface area (Å²) in [5.74, 6) is 1.33. The molecule has 1 N–H and O–H groups in total. The Labute approximate surface area is 200 Å². The minimum absolute atomic E-state index is 0.299. The fourth-order valence-electron chi connectivity index (χ4n) is 2.62. The van der Waals surface area contributed by atoms with Gasteiger partial charge in [-0.2, -0.15) is 0 Å². The minimum atomic E-state index is -0.898. The molecule has 0 aliphatic carbocycles. The molecule has 152 valence electrons. The molecule has 2 aromatic rings. The molecule has 28 heavy (non-hydrogen) atoms. The summed E-state index contributed by atoms with van der Waals surface area (Å²) in [7, 11) is 0. The van der Waals surface area contributed by atoms with Crippen molar-refractivity contribution in [2.75, 3.05) is 6.61 Å². The van der Waals surface area contributed by atoms with E-state index in [-0.39, 0.29) is 5.41 Å². The van der Waals surface area contributed by atoms with Crippen molar-refractivity contribution in [2.24, 2.45) is 0 Å². The first-order chi connectivity index (χ1) is 12.9. The zero-order chi connectivity index (χ0) is 21.2. The summed E-state index contributed by atoms with van der Waals surface area (Å²) < 4.78 is 14.6. The normalized spacial score (nSPS) is 12.6. The first kappa shape index (κ1) is 23.9. The predicted octanol–water partition coefficient (Wildman–Crippen LogP) is 7.73. The van der Waals surface area contributed by atoms with E-state index in [1.807, 2.05) is 19.1 Å². The number of rotatable bonds is 7. The van der Waals surface area contributed by atoms with Crippen LogP contribution in [-0.2, 0) is 5.41 Å². The Hall–Kier alpha value is -0.340. The van der Waals surface area contributed by atoms with E-state index in [0.29, 0.717) is 12.4 Å². The van der Waals surface area contributed by atoms with Crippen LogP contribution >= 0.6 is 63.7 Å². The summed E-state index contributed by atoms with van der Waals surface area (Å²) in [6, 6.07) is 8.16. The Morgan fingerprint density at radius 3 is 1.71 bits per heavy atom. The lowest BCUT2D eigenvalue weighted by atomic mass is 9.78. The van der Waals surface area contributed by atoms with Gasteiger partial charge in [0.2, 0.25) is 0 Å². The van der Waals surface area contributed by atoms with E-state index in [1.165, 1.54) is 0 Å². The summed E-state index contributed by atoms with van der Waals surface area (Å²) in [6.07, 6.45) is -0.898. The van der Waals surface area contributed by atoms with Crippen LogP contribution in [0.4, 0.5) is 0 Å². The van der Waals surface area contributed by atoms with Crippen molar-refractivity contribution in [3.8, 4) is 11.5 Å². The Kier molecular flexibility index (Phi) is 8.25. The molecule has 7 heteroatoms. The van der Waals surface area contributed by atoms with Gasteiger partial charge in [-0.1, -0.05) is 20.4 Å². The van der Waals surface area contributed by atoms with E-state index in [4.69, 9.17) is 9.47 Å². The smallest absolute Gasteiger partial charge is 0.194 e. The van der Waals surface area contributed by atoms with Gasteiger partial charge in [-0.25, -0.2) is 0 Å². The summed E-state index contributed by atoms with van der Waals surface area (Å²) in [5.41, 5.74) is 2.85. The fourth-order valence-corrected chi connectivity index (χ4v) is 5.41. The van der Waals surface area contributed by atoms with Crippen LogP contribution in [0, 0.1) is 0 Å². The lowest BCUT2D eigenvalue weighted by molar-refractivity contribution is -0.00146. The maximum Gasteiger partial charge on any atom is 0.194 e. The van der Waals surface area contributed by atoms with Crippen LogP contribution in [0.15, 0.2) is 54.3 Å². The van der Waals surface area contributed by atoms with Crippen LogP contribution in [-0.4, -0.2) is 18.0 Å². The Bertz CT molecular complexity index is 845. The van der Waals surface area contributed by atoms with Crippen molar-refractivity contribution in [3.05, 3.63) is 65.4 Å². The second-order valence-corrected chi connectivity index (χ2v) is 10.5. The number of aliphatic hydroxyl groups excluding tert-OH is 1. The highest BCUT2D eigenvalue weighted by atomic mass is 79.9. The van der Waals surface area contributed by atoms with Gasteiger partial charge in [-0.15, -0.1) is 0 Å². The highest BCUT2D eigenvalue weighted by Gasteiger charge is 2.27. The zero-order valence-corrected chi connectivity index (χ0v) is 22.4. The average Bonchev–Trinajstić information content (AvgIpc) is 2.56. The molecule has 1 atom stereocenters. The van der Waals surface area contributed by atoms with E-state index >= 15 is 0 Å². The molecule has 1 unspecified atom stereocenters. The standard InChI is InChI=1S/C21H22Br4O3/c1-11(2)10-27-19-15(22)6-13(7-16(19)23)21(4,5)14-8-17(24)20(18(25)9-14)28-12(3)26/h6-9,12,26H,1,10H2,2-5H3. The van der Waals surface area contributed by atoms with Crippen LogP contribution in [0.1, 0.15) is 38.8 Å². The molecule has 0 spiro atoms. The van der Waals surface area contributed by atoms with Crippen molar-refractivity contribution >= 4 is 63.7 Å². The Morgan fingerprint density at radius 1 is 0.964 bits per heavy atom. The molecule has 3 nitrogen and oxygen atoms in total. The number of hydrogen-bond donors (Lipinski definition) is 1. The highest BCUT2D eigenvalue weighted by Crippen LogP contribution is 2.44. The van der Waals surface area contributed by atoms with Gasteiger partial charge in [0.15, 0.2) is 12.0 Å². The quantitative estimate of drug-likeness (QED) is 0.248. The van der Waals surface area contributed by atoms with Crippen LogP contribution in [0.2, 0.25) is 0 Å². The van der Waals surface area contributed by atoms with Gasteiger partial charge in [0.1, 0.15) is 12.4 Å². The summed E-state index contributed by atoms with van der Waals surface area (Å²) in [4.78, 5) is 0. The Morgan fingerprint density at radius 2 is 1.36 bits per heavy atom. The number of ether oxygens (including phenoxy) is 2. The molecule has 0 radical (unpaired) electrons. The molecule has 0 saturated heterocycles. The molecule has 0 heterocycles. The van der Waals surface area contributed by atoms with Gasteiger partial charge in [-0.3, -0.25) is 0 Å². The zero-order valence-electron chi connectivity index (χ0n) is 16.1. The molecular formula is C21H22Br4O3. The molecule has 0 aromatic heterocycles. The van der Waals surface area contributed by atoms with Crippen molar-refractivity contribution < 1.29 is 14.6 Å². The maximum absolute atomic E-state index is 9.54. The molecule has 2 rings (SSSR count). The molecule has 0 aliphatic rings. The van der Waals surface area contributed by atoms with Gasteiger partial charge in [0, 0.05) is 5.41 Å². The molecule has 0 fully saturated rings. The lowest BCUT2D eigenvalue weighted by Crippen LogP contribution is -2.20. The summed E-state index contributed by atoms with van der Waals surface area (Å²) >= 11 is 14.4. The van der Waals surface area contributed by atoms with E-state index < -0.39 is 6.29 Å². The molecule has 0 saturated carbocycles. The molecule has 2 aromatic carbocycles. The fraction of sp³-hybridized carbons (Fsp3) is 0.333. The van der Waals surface area contributed by atoms with Gasteiger partial charge in [0.05, 0.1) is 17.9 Å². The van der Waals surface area contributed by atoms with Crippen LogP contribution in [0.25, 0.3) is 0 Å². The monoisotopic (exact) mass is 638 g/mol. The van der Waals surface area contributed by atoms with Crippen molar-refractivity contribution in [1.82, 2.24) is 0 Å². The Balaban J connectivity index is 2.45. The number of hydrogen-bond acceptors (Lipinski definition) is 3. The minimum Gasteiger partial charge on any atom is -0.487 e. The van der Waals surface area contributed by atoms with Gasteiger partial charge in [-0.05, 0) is 119 Å². The highest BCUT2D eigenvalue weighted by molar-refractivity contribution is 9.11. The SMILES string of the molecule is C=C(C)COc1c(Br)cc(C(C)(C)c2cc(Br)c(OC(C)O)c(Br)c2)cc1Br. The molecule has 0 bridgehead atoms. The second kappa shape index (κ2) is 9.65. The third-order valence-electron chi connectivity index (χ3n) is 4.19. The summed E-state index contributed by atoms with van der Waals surface area (Å²) in [6.45, 7) is 12.1. The third kappa shape index (κ3) is 5.63. The van der Waals surface area contributed by atoms with E-state index in [1.54, 1.807) is 6.92 Å². The molecular weight excluding hydrogens is 620 g/mol. The first-order valence-electron chi connectivity index (χ1n) is 8.54. The van der Waals surface area contributed by atoms with Gasteiger partial charge < -0.3 is 14.6 Å². The van der Waals surface area contributed by atoms with Crippen LogP contribution in [0.3, 0.4) is 0 Å². The number of aliphatic hydroxyl groups is 1. The van der Waals surface area contributed by atoms with Gasteiger partial charge >= 0.3 is 0 Å². The lowest BCUT2D eigenvalue weighted by Gasteiger charge is -2.28. The maximum atomic E-state index is 9.54. The van der Waals surface area contributed by atoms with Gasteiger partial charge in [0.25, 0.3) is 0 Å². The van der Waals surface area contributed by atoms with E-state index in [9.17, 15) is 5.11 Å². The largest absolute Gasteiger partial charge is 0.487 e. The topological polar surface area (TPSA) is 38.7 Å². The molecule has 0 aliphatic heterocycles. The summed E-state index contributed by atoms with van der Waals surface area (Å²) in [5, 5.41) is 9.54. The number of benzene rings is 2. The molecule has 0 amide bonds. The average molecular weight is 642 g/mol. The first-order valence-corrected chi connectivity index (χ1v) is 11.7. The van der Waals surface area contributed by atoms with Crippen molar-refractivity contribution in [1.29, 1.82) is 0 Å². The van der Waals surface area contributed by atoms with Crippen LogP contribution < -0.4 is 9.47 Å². The number of halogens is 4. The van der Waals surface area contributed by atoms with E-state index in [2.05, 4.69) is 96.3 Å². The van der Waals surface area contributed by atoms with Crippen molar-refractivity contribution in [2.45, 2.75) is 39.4 Å². The second-order valence-electron chi connectivity index (χ2n) is 7.13.